The number of benzene rings is 5. The van der Waals surface area contributed by atoms with Crippen LogP contribution in [0.1, 0.15) is 44.4 Å². The Hall–Kier alpha value is -3.15. The van der Waals surface area contributed by atoms with Crippen LogP contribution in [0.4, 0.5) is 0 Å². The topological polar surface area (TPSA) is 9.23 Å². The van der Waals surface area contributed by atoms with E-state index in [4.69, 9.17) is 4.74 Å². The summed E-state index contributed by atoms with van der Waals surface area (Å²) in [6.45, 7) is 16.1. The quantitative estimate of drug-likeness (QED) is 0.172. The van der Waals surface area contributed by atoms with Crippen LogP contribution in [0.5, 0.6) is 5.75 Å². The molecule has 0 aliphatic carbocycles. The number of hydrogen-bond donors (Lipinski definition) is 0. The van der Waals surface area contributed by atoms with Crippen molar-refractivity contribution in [2.45, 2.75) is 59.5 Å². The van der Waals surface area contributed by atoms with Gasteiger partial charge in [0.25, 0.3) is 0 Å². The van der Waals surface area contributed by atoms with Gasteiger partial charge in [0.05, 0.1) is 0 Å². The van der Waals surface area contributed by atoms with Crippen LogP contribution >= 0.6 is 7.92 Å². The highest BCUT2D eigenvalue weighted by molar-refractivity contribution is 7.68. The molecule has 2 heteroatoms. The van der Waals surface area contributed by atoms with Gasteiger partial charge in [-0.15, -0.1) is 0 Å². The van der Waals surface area contributed by atoms with Gasteiger partial charge in [-0.1, -0.05) is 99.1 Å². The predicted molar refractivity (Wildman–Crippen MR) is 163 cm³/mol. The summed E-state index contributed by atoms with van der Waals surface area (Å²) in [5, 5.41) is 6.83. The van der Waals surface area contributed by atoms with Crippen LogP contribution in [0.3, 0.4) is 0 Å². The third-order valence-corrected chi connectivity index (χ3v) is 11.0. The fourth-order valence-corrected chi connectivity index (χ4v) is 9.78. The number of aryl methyl sites for hydroxylation is 3. The van der Waals surface area contributed by atoms with Crippen molar-refractivity contribution in [3.8, 4) is 28.0 Å². The van der Waals surface area contributed by atoms with Crippen LogP contribution < -0.4 is 10.0 Å². The zero-order valence-corrected chi connectivity index (χ0v) is 23.8. The lowest BCUT2D eigenvalue weighted by Gasteiger charge is -2.31. The first kappa shape index (κ1) is 24.2. The molecule has 1 unspecified atom stereocenters. The first-order chi connectivity index (χ1) is 17.7. The largest absolute Gasteiger partial charge is 0.485 e. The Morgan fingerprint density at radius 3 is 1.68 bits per heavy atom. The molecule has 0 fully saturated rings. The molecule has 5 aromatic carbocycles. The number of fused-ring (bicyclic) bond motifs is 3. The van der Waals surface area contributed by atoms with Crippen molar-refractivity contribution in [3.63, 3.8) is 0 Å². The SMILES string of the molecule is Cc1cc(C)c(-c2c3ccccc3c(-c3cccc4c3P(C(C)(C)C)[C@H](C)O4)c3ccccc23)c(C)c1. The minimum atomic E-state index is -0.506. The average Bonchev–Trinajstić information content (AvgIpc) is 3.19. The minimum Gasteiger partial charge on any atom is -0.485 e. The van der Waals surface area contributed by atoms with E-state index in [1.54, 1.807) is 0 Å². The smallest absolute Gasteiger partial charge is 0.128 e. The summed E-state index contributed by atoms with van der Waals surface area (Å²) in [7, 11) is -0.506. The monoisotopic (exact) mass is 502 g/mol. The summed E-state index contributed by atoms with van der Waals surface area (Å²) < 4.78 is 6.50. The van der Waals surface area contributed by atoms with Gasteiger partial charge in [-0.05, 0) is 102 Å². The van der Waals surface area contributed by atoms with Crippen molar-refractivity contribution in [2.24, 2.45) is 0 Å². The maximum atomic E-state index is 6.50. The molecule has 0 bridgehead atoms. The van der Waals surface area contributed by atoms with Crippen molar-refractivity contribution in [1.82, 2.24) is 0 Å². The van der Waals surface area contributed by atoms with E-state index in [2.05, 4.69) is 127 Å². The van der Waals surface area contributed by atoms with Crippen LogP contribution in [0.15, 0.2) is 78.9 Å². The normalized spacial score (nSPS) is 17.3. The molecular formula is C35H35OP. The summed E-state index contributed by atoms with van der Waals surface area (Å²) in [6, 6.07) is 29.3. The molecule has 0 saturated heterocycles. The summed E-state index contributed by atoms with van der Waals surface area (Å²) in [4.78, 5) is 0. The maximum absolute atomic E-state index is 6.50. The van der Waals surface area contributed by atoms with Gasteiger partial charge >= 0.3 is 0 Å². The molecule has 0 aromatic heterocycles. The summed E-state index contributed by atoms with van der Waals surface area (Å²) in [5.41, 5.74) is 9.35. The second kappa shape index (κ2) is 8.71. The van der Waals surface area contributed by atoms with Gasteiger partial charge in [0, 0.05) is 5.30 Å². The Morgan fingerprint density at radius 2 is 1.16 bits per heavy atom. The van der Waals surface area contributed by atoms with Gasteiger partial charge in [-0.2, -0.15) is 0 Å². The van der Waals surface area contributed by atoms with Gasteiger partial charge < -0.3 is 4.74 Å². The highest BCUT2D eigenvalue weighted by atomic mass is 31.1. The second-order valence-electron chi connectivity index (χ2n) is 11.5. The number of hydrogen-bond acceptors (Lipinski definition) is 1. The molecule has 186 valence electrons. The third kappa shape index (κ3) is 3.79. The molecular weight excluding hydrogens is 467 g/mol. The highest BCUT2D eigenvalue weighted by Gasteiger charge is 2.41. The Kier molecular flexibility index (Phi) is 5.70. The maximum Gasteiger partial charge on any atom is 0.128 e. The van der Waals surface area contributed by atoms with E-state index in [1.807, 2.05) is 0 Å². The van der Waals surface area contributed by atoms with E-state index in [9.17, 15) is 0 Å². The lowest BCUT2D eigenvalue weighted by atomic mass is 9.83. The molecule has 6 rings (SSSR count). The summed E-state index contributed by atoms with van der Waals surface area (Å²) in [6.07, 6.45) is 0. The van der Waals surface area contributed by atoms with E-state index >= 15 is 0 Å². The molecule has 0 amide bonds. The van der Waals surface area contributed by atoms with Crippen molar-refractivity contribution in [1.29, 1.82) is 0 Å². The zero-order valence-electron chi connectivity index (χ0n) is 22.9. The molecule has 37 heavy (non-hydrogen) atoms. The van der Waals surface area contributed by atoms with Crippen molar-refractivity contribution in [3.05, 3.63) is 95.6 Å². The molecule has 0 spiro atoms. The minimum absolute atomic E-state index is 0.151. The first-order valence-corrected chi connectivity index (χ1v) is 14.7. The van der Waals surface area contributed by atoms with Crippen LogP contribution in [-0.4, -0.2) is 11.0 Å². The van der Waals surface area contributed by atoms with Gasteiger partial charge in [-0.25, -0.2) is 0 Å². The van der Waals surface area contributed by atoms with E-state index in [0.717, 1.165) is 5.75 Å². The molecule has 0 N–H and O–H groups in total. The van der Waals surface area contributed by atoms with Crippen molar-refractivity contribution >= 4 is 34.8 Å². The standard InChI is InChI=1S/C35H35OP/c1-21-19-22(2)31(23(3)20-21)33-27-15-10-8-13-25(27)32(26-14-9-11-16-28(26)33)29-17-12-18-30-34(29)37(24(4)36-30)35(5,6)7/h8-20,24H,1-7H3/t24-,37?/m1/s1. The summed E-state index contributed by atoms with van der Waals surface area (Å²) in [5.74, 6) is 1.27. The Bertz CT molecular complexity index is 1610. The van der Waals surface area contributed by atoms with Crippen LogP contribution in [-0.2, 0) is 0 Å². The molecule has 0 radical (unpaired) electrons. The fraction of sp³-hybridized carbons (Fsp3) is 0.257. The number of rotatable bonds is 2. The number of ether oxygens (including phenoxy) is 1. The zero-order chi connectivity index (χ0) is 26.1. The van der Waals surface area contributed by atoms with E-state index in [1.165, 1.54) is 65.8 Å². The average molecular weight is 503 g/mol. The predicted octanol–water partition coefficient (Wildman–Crippen LogP) is 9.90. The summed E-state index contributed by atoms with van der Waals surface area (Å²) >= 11 is 0. The van der Waals surface area contributed by atoms with E-state index in [0.29, 0.717) is 0 Å². The van der Waals surface area contributed by atoms with E-state index in [-0.39, 0.29) is 11.0 Å². The Balaban J connectivity index is 1.78. The lowest BCUT2D eigenvalue weighted by molar-refractivity contribution is 0.313. The Labute approximate surface area is 222 Å². The molecule has 1 nitrogen and oxygen atoms in total. The van der Waals surface area contributed by atoms with E-state index < -0.39 is 7.92 Å². The third-order valence-electron chi connectivity index (χ3n) is 7.75. The van der Waals surface area contributed by atoms with Crippen LogP contribution in [0, 0.1) is 20.8 Å². The van der Waals surface area contributed by atoms with Gasteiger partial charge in [0.1, 0.15) is 11.6 Å². The first-order valence-electron chi connectivity index (χ1n) is 13.3. The van der Waals surface area contributed by atoms with Crippen LogP contribution in [0.2, 0.25) is 0 Å². The molecule has 1 aliphatic rings. The van der Waals surface area contributed by atoms with Crippen LogP contribution in [0.25, 0.3) is 43.8 Å². The molecule has 5 aromatic rings. The van der Waals surface area contributed by atoms with Gasteiger partial charge in [0.2, 0.25) is 0 Å². The Morgan fingerprint density at radius 1 is 0.649 bits per heavy atom. The van der Waals surface area contributed by atoms with Crippen molar-refractivity contribution < 1.29 is 4.74 Å². The molecule has 0 saturated carbocycles. The lowest BCUT2D eigenvalue weighted by Crippen LogP contribution is -2.22. The fourth-order valence-electron chi connectivity index (χ4n) is 6.63. The molecule has 2 atom stereocenters. The second-order valence-corrected chi connectivity index (χ2v) is 14.8. The van der Waals surface area contributed by atoms with Gasteiger partial charge in [0.15, 0.2) is 0 Å². The molecule has 1 heterocycles. The highest BCUT2D eigenvalue weighted by Crippen LogP contribution is 2.60. The van der Waals surface area contributed by atoms with Gasteiger partial charge in [-0.3, -0.25) is 0 Å². The molecule has 1 aliphatic heterocycles. The van der Waals surface area contributed by atoms with Crippen molar-refractivity contribution in [2.75, 3.05) is 0 Å².